The fraction of sp³-hybridized carbons (Fsp3) is 0.273. The van der Waals surface area contributed by atoms with Crippen molar-refractivity contribution in [1.82, 2.24) is 0 Å². The number of aliphatic hydroxyl groups is 3. The number of aromatic hydroxyl groups is 3. The Hall–Kier alpha value is -4.04. The van der Waals surface area contributed by atoms with Crippen molar-refractivity contribution in [3.63, 3.8) is 0 Å². The summed E-state index contributed by atoms with van der Waals surface area (Å²) in [6.45, 7) is 0. The Kier molecular flexibility index (Phi) is 6.17. The third kappa shape index (κ3) is 4.17. The molecule has 0 radical (unpaired) electrons. The van der Waals surface area contributed by atoms with Gasteiger partial charge >= 0.3 is 5.97 Å². The van der Waals surface area contributed by atoms with Gasteiger partial charge in [0, 0.05) is 17.7 Å². The van der Waals surface area contributed by atoms with Gasteiger partial charge in [-0.3, -0.25) is 4.79 Å². The van der Waals surface area contributed by atoms with E-state index in [4.69, 9.17) is 18.6 Å². The summed E-state index contributed by atoms with van der Waals surface area (Å²) >= 11 is 0. The van der Waals surface area contributed by atoms with Crippen LogP contribution in [-0.2, 0) is 9.53 Å². The Balaban J connectivity index is 1.92. The molecule has 186 valence electrons. The molecule has 35 heavy (non-hydrogen) atoms. The van der Waals surface area contributed by atoms with E-state index in [0.717, 1.165) is 12.1 Å². The molecule has 1 saturated heterocycles. The van der Waals surface area contributed by atoms with E-state index in [9.17, 15) is 45.3 Å². The van der Waals surface area contributed by atoms with Crippen molar-refractivity contribution in [2.45, 2.75) is 30.7 Å². The molecule has 13 heteroatoms. The smallest absolute Gasteiger partial charge is 0.335 e. The second kappa shape index (κ2) is 8.96. The summed E-state index contributed by atoms with van der Waals surface area (Å²) in [6, 6.07) is 5.72. The van der Waals surface area contributed by atoms with Crippen LogP contribution in [0.2, 0.25) is 0 Å². The first kappa shape index (κ1) is 24.1. The second-order valence-electron chi connectivity index (χ2n) is 7.67. The topological polar surface area (TPSA) is 217 Å². The van der Waals surface area contributed by atoms with Crippen LogP contribution in [0.25, 0.3) is 22.3 Å². The van der Waals surface area contributed by atoms with Crippen molar-refractivity contribution in [2.24, 2.45) is 0 Å². The number of aliphatic hydroxyl groups excluding tert-OH is 3. The fourth-order valence-corrected chi connectivity index (χ4v) is 3.65. The van der Waals surface area contributed by atoms with Crippen LogP contribution < -0.4 is 14.9 Å². The molecule has 2 heterocycles. The van der Waals surface area contributed by atoms with Crippen molar-refractivity contribution in [3.05, 3.63) is 40.6 Å². The number of benzene rings is 2. The number of phenolic OH excluding ortho intramolecular Hbond substituents is 3. The summed E-state index contributed by atoms with van der Waals surface area (Å²) in [5.74, 6) is -4.04. The van der Waals surface area contributed by atoms with E-state index in [1.54, 1.807) is 0 Å². The Morgan fingerprint density at radius 1 is 0.971 bits per heavy atom. The molecule has 7 N–H and O–H groups in total. The van der Waals surface area contributed by atoms with Gasteiger partial charge in [0.25, 0.3) is 0 Å². The minimum atomic E-state index is -2.01. The van der Waals surface area contributed by atoms with Gasteiger partial charge in [-0.1, -0.05) is 0 Å². The highest BCUT2D eigenvalue weighted by Crippen LogP contribution is 2.39. The average Bonchev–Trinajstić information content (AvgIpc) is 2.80. The van der Waals surface area contributed by atoms with Gasteiger partial charge in [-0.15, -0.1) is 0 Å². The molecule has 5 atom stereocenters. The van der Waals surface area contributed by atoms with Crippen LogP contribution in [-0.4, -0.2) is 79.5 Å². The summed E-state index contributed by atoms with van der Waals surface area (Å²) in [7, 11) is 1.27. The normalized spacial score (nSPS) is 24.3. The zero-order valence-corrected chi connectivity index (χ0v) is 17.9. The first-order valence-corrected chi connectivity index (χ1v) is 10.0. The van der Waals surface area contributed by atoms with E-state index in [1.807, 2.05) is 0 Å². The highest BCUT2D eigenvalue weighted by atomic mass is 16.7. The largest absolute Gasteiger partial charge is 0.508 e. The van der Waals surface area contributed by atoms with Gasteiger partial charge in [0.1, 0.15) is 40.8 Å². The maximum Gasteiger partial charge on any atom is 0.335 e. The molecule has 4 rings (SSSR count). The van der Waals surface area contributed by atoms with Crippen molar-refractivity contribution in [3.8, 4) is 40.1 Å². The van der Waals surface area contributed by atoms with Crippen LogP contribution in [0.4, 0.5) is 0 Å². The molecule has 0 spiro atoms. The van der Waals surface area contributed by atoms with E-state index < -0.39 is 64.7 Å². The number of fused-ring (bicyclic) bond motifs is 1. The molecular weight excluding hydrogens is 472 g/mol. The third-order valence-electron chi connectivity index (χ3n) is 5.41. The maximum absolute atomic E-state index is 13.3. The van der Waals surface area contributed by atoms with Gasteiger partial charge in [0.2, 0.25) is 17.5 Å². The fourth-order valence-electron chi connectivity index (χ4n) is 3.65. The lowest BCUT2D eigenvalue weighted by Crippen LogP contribution is -2.61. The van der Waals surface area contributed by atoms with Gasteiger partial charge < -0.3 is 54.4 Å². The second-order valence-corrected chi connectivity index (χ2v) is 7.67. The highest BCUT2D eigenvalue weighted by Gasteiger charge is 2.48. The van der Waals surface area contributed by atoms with Crippen LogP contribution >= 0.6 is 0 Å². The summed E-state index contributed by atoms with van der Waals surface area (Å²) in [5.41, 5.74) is -1.17. The number of carboxylic acids is 1. The predicted octanol–water partition coefficient (Wildman–Crippen LogP) is -0.144. The number of carboxylic acid groups (broad SMARTS) is 1. The van der Waals surface area contributed by atoms with Crippen molar-refractivity contribution >= 4 is 16.9 Å². The van der Waals surface area contributed by atoms with E-state index in [2.05, 4.69) is 0 Å². The van der Waals surface area contributed by atoms with Gasteiger partial charge in [0.15, 0.2) is 23.4 Å². The average molecular weight is 492 g/mol. The van der Waals surface area contributed by atoms with Gasteiger partial charge in [-0.25, -0.2) is 4.79 Å². The van der Waals surface area contributed by atoms with Crippen LogP contribution in [0.3, 0.4) is 0 Å². The zero-order valence-electron chi connectivity index (χ0n) is 17.9. The summed E-state index contributed by atoms with van der Waals surface area (Å²) in [5, 5.41) is 69.1. The molecule has 0 saturated carbocycles. The molecular formula is C22H20O13. The molecule has 1 aliphatic heterocycles. The Labute approximate surface area is 195 Å². The van der Waals surface area contributed by atoms with Gasteiger partial charge in [-0.05, 0) is 18.2 Å². The molecule has 13 nitrogen and oxygen atoms in total. The Morgan fingerprint density at radius 2 is 1.69 bits per heavy atom. The zero-order chi connectivity index (χ0) is 25.6. The van der Waals surface area contributed by atoms with Crippen molar-refractivity contribution in [2.75, 3.05) is 7.11 Å². The predicted molar refractivity (Wildman–Crippen MR) is 114 cm³/mol. The molecule has 3 aromatic rings. The Bertz CT molecular complexity index is 1350. The Morgan fingerprint density at radius 3 is 2.34 bits per heavy atom. The standard InChI is InChI=1S/C22H20O13/c1-32-11-4-7(2-3-9(11)24)18-19(14(26)13-10(25)5-8(23)6-12(13)33-18)34-22-17(29)15(27)16(28)20(35-22)21(30)31/h2-6,15-17,20,22-25,27-29H,1H3,(H,30,31)/t15-,16+,17-,20-,22-/m1/s1. The summed E-state index contributed by atoms with van der Waals surface area (Å²) < 4.78 is 21.3. The summed E-state index contributed by atoms with van der Waals surface area (Å²) in [4.78, 5) is 24.8. The lowest BCUT2D eigenvalue weighted by Gasteiger charge is -2.38. The molecule has 1 aromatic heterocycles. The molecule has 2 aromatic carbocycles. The minimum absolute atomic E-state index is 0.0200. The van der Waals surface area contributed by atoms with Crippen LogP contribution in [0.15, 0.2) is 39.5 Å². The monoisotopic (exact) mass is 492 g/mol. The SMILES string of the molecule is COc1cc(-c2oc3cc(O)cc(O)c3c(=O)c2O[C@@H]2O[C@@H](C(=O)O)[C@@H](O)[C@@H](O)[C@H]2O)ccc1O. The highest BCUT2D eigenvalue weighted by molar-refractivity contribution is 5.88. The number of methoxy groups -OCH3 is 1. The first-order valence-electron chi connectivity index (χ1n) is 10.0. The lowest BCUT2D eigenvalue weighted by atomic mass is 9.99. The number of aliphatic carboxylic acids is 1. The van der Waals surface area contributed by atoms with Gasteiger partial charge in [0.05, 0.1) is 7.11 Å². The van der Waals surface area contributed by atoms with Crippen molar-refractivity contribution in [1.29, 1.82) is 0 Å². The molecule has 0 bridgehead atoms. The summed E-state index contributed by atoms with van der Waals surface area (Å²) in [6.07, 6.45) is -9.97. The molecule has 1 aliphatic rings. The number of phenols is 3. The maximum atomic E-state index is 13.3. The molecule has 0 aliphatic carbocycles. The molecule has 1 fully saturated rings. The van der Waals surface area contributed by atoms with E-state index >= 15 is 0 Å². The quantitative estimate of drug-likeness (QED) is 0.247. The van der Waals surface area contributed by atoms with Crippen LogP contribution in [0, 0.1) is 0 Å². The van der Waals surface area contributed by atoms with Crippen LogP contribution in [0.1, 0.15) is 0 Å². The van der Waals surface area contributed by atoms with E-state index in [1.165, 1.54) is 25.3 Å². The first-order chi connectivity index (χ1) is 16.5. The van der Waals surface area contributed by atoms with E-state index in [-0.39, 0.29) is 28.4 Å². The number of hydrogen-bond donors (Lipinski definition) is 7. The number of hydrogen-bond acceptors (Lipinski definition) is 12. The lowest BCUT2D eigenvalue weighted by molar-refractivity contribution is -0.271. The minimum Gasteiger partial charge on any atom is -0.508 e. The number of ether oxygens (including phenoxy) is 3. The number of rotatable bonds is 5. The number of carbonyl (C=O) groups is 1. The van der Waals surface area contributed by atoms with E-state index in [0.29, 0.717) is 0 Å². The van der Waals surface area contributed by atoms with Crippen LogP contribution in [0.5, 0.6) is 28.7 Å². The molecule has 0 amide bonds. The van der Waals surface area contributed by atoms with Gasteiger partial charge in [-0.2, -0.15) is 0 Å². The third-order valence-corrected chi connectivity index (χ3v) is 5.41. The molecule has 0 unspecified atom stereocenters. The van der Waals surface area contributed by atoms with Crippen molar-refractivity contribution < 1.29 is 59.2 Å².